The van der Waals surface area contributed by atoms with Gasteiger partial charge in [0, 0.05) is 18.0 Å². The fourth-order valence-corrected chi connectivity index (χ4v) is 9.06. The summed E-state index contributed by atoms with van der Waals surface area (Å²) in [6, 6.07) is 2.07. The molecule has 0 amide bonds. The van der Waals surface area contributed by atoms with Gasteiger partial charge in [0.2, 0.25) is 0 Å². The fourth-order valence-electron chi connectivity index (χ4n) is 9.06. The first-order valence-corrected chi connectivity index (χ1v) is 12.2. The van der Waals surface area contributed by atoms with Crippen LogP contribution in [0.5, 0.6) is 0 Å². The monoisotopic (exact) mass is 425 g/mol. The van der Waals surface area contributed by atoms with Gasteiger partial charge in [-0.1, -0.05) is 6.92 Å². The molecule has 5 saturated carbocycles. The number of fused-ring (bicyclic) bond motifs is 7. The number of ketones is 1. The van der Waals surface area contributed by atoms with E-state index < -0.39 is 11.8 Å². The van der Waals surface area contributed by atoms with Crippen LogP contribution in [-0.4, -0.2) is 32.4 Å². The van der Waals surface area contributed by atoms with Crippen molar-refractivity contribution in [2.24, 2.45) is 46.8 Å². The number of hydrogen-bond acceptors (Lipinski definition) is 4. The molecule has 10 atom stereocenters. The van der Waals surface area contributed by atoms with Gasteiger partial charge >= 0.3 is 0 Å². The molecule has 1 N–H and O–H groups in total. The van der Waals surface area contributed by atoms with Crippen LogP contribution in [0.1, 0.15) is 63.9 Å². The van der Waals surface area contributed by atoms with Crippen LogP contribution in [0.3, 0.4) is 0 Å². The molecule has 0 aromatic carbocycles. The zero-order chi connectivity index (χ0) is 21.5. The highest BCUT2D eigenvalue weighted by molar-refractivity contribution is 5.82. The molecule has 1 aromatic rings. The molecule has 1 heterocycles. The quantitative estimate of drug-likeness (QED) is 0.797. The summed E-state index contributed by atoms with van der Waals surface area (Å²) in [6.45, 7) is 2.60. The van der Waals surface area contributed by atoms with Crippen LogP contribution in [0.25, 0.3) is 0 Å². The van der Waals surface area contributed by atoms with Crippen molar-refractivity contribution in [3.63, 3.8) is 0 Å². The number of nitrogens with zero attached hydrogens (tertiary/aromatic N) is 3. The van der Waals surface area contributed by atoms with Gasteiger partial charge in [-0.3, -0.25) is 9.48 Å². The van der Waals surface area contributed by atoms with Gasteiger partial charge in [-0.15, -0.1) is 0 Å². The first kappa shape index (κ1) is 19.9. The third-order valence-corrected chi connectivity index (χ3v) is 10.5. The Morgan fingerprint density at radius 1 is 1.19 bits per heavy atom. The molecule has 0 saturated heterocycles. The van der Waals surface area contributed by atoms with Crippen molar-refractivity contribution >= 4 is 5.78 Å². The summed E-state index contributed by atoms with van der Waals surface area (Å²) in [4.78, 5) is 13.3. The summed E-state index contributed by atoms with van der Waals surface area (Å²) in [6.07, 6.45) is 10.3. The molecule has 1 aromatic heterocycles. The second-order valence-electron chi connectivity index (χ2n) is 11.5. The second kappa shape index (κ2) is 6.63. The number of aromatic nitrogens is 2. The zero-order valence-electron chi connectivity index (χ0n) is 18.2. The van der Waals surface area contributed by atoms with Crippen LogP contribution in [-0.2, 0) is 11.3 Å². The maximum Gasteiger partial charge on any atom is 0.157 e. The Bertz CT molecular complexity index is 955. The standard InChI is InChI=1S/C25H32FN3O2/c1-24-8-6-15-16-7-9-25(31)22(23(25)26)18(16)3-2-17(15)19(24)4-5-20(24)21(30)13-29-12-14(10-27)11-28-29/h11-12,15-20,22-23,31H,2-9,13H2,1H3/t15-,16-,17-,18-,19+,20-,22?,23?,24+,25-/m1/s1. The van der Waals surface area contributed by atoms with Crippen LogP contribution < -0.4 is 0 Å². The van der Waals surface area contributed by atoms with Gasteiger partial charge in [0.1, 0.15) is 17.8 Å². The van der Waals surface area contributed by atoms with Crippen molar-refractivity contribution in [3.05, 3.63) is 18.0 Å². The summed E-state index contributed by atoms with van der Waals surface area (Å²) in [5.74, 6) is 3.03. The third kappa shape index (κ3) is 2.68. The van der Waals surface area contributed by atoms with Crippen molar-refractivity contribution in [1.82, 2.24) is 9.78 Å². The molecular weight excluding hydrogens is 393 g/mol. The van der Waals surface area contributed by atoms with E-state index in [1.54, 1.807) is 10.9 Å². The van der Waals surface area contributed by atoms with Gasteiger partial charge < -0.3 is 5.11 Å². The van der Waals surface area contributed by atoms with Gasteiger partial charge in [0.05, 0.1) is 18.3 Å². The highest BCUT2D eigenvalue weighted by Crippen LogP contribution is 2.69. The summed E-state index contributed by atoms with van der Waals surface area (Å²) in [7, 11) is 0. The summed E-state index contributed by atoms with van der Waals surface area (Å²) in [5, 5.41) is 23.7. The van der Waals surface area contributed by atoms with E-state index in [-0.39, 0.29) is 29.6 Å². The molecule has 0 radical (unpaired) electrons. The number of hydrogen-bond donors (Lipinski definition) is 1. The molecule has 5 fully saturated rings. The average molecular weight is 426 g/mol. The second-order valence-corrected chi connectivity index (χ2v) is 11.5. The largest absolute Gasteiger partial charge is 0.386 e. The SMILES string of the molecule is C[C@]12CC[C@@H]3[C@H]4CC[C@]5(O)C(F)C5[C@@H]4CC[C@H]3[C@@H]1CC[C@@H]2C(=O)Cn1cc(C#N)cn1. The number of nitriles is 1. The van der Waals surface area contributed by atoms with Crippen molar-refractivity contribution in [2.75, 3.05) is 0 Å². The Balaban J connectivity index is 1.19. The van der Waals surface area contributed by atoms with Crippen molar-refractivity contribution in [1.29, 1.82) is 5.26 Å². The van der Waals surface area contributed by atoms with Gasteiger partial charge in [0.15, 0.2) is 5.78 Å². The summed E-state index contributed by atoms with van der Waals surface area (Å²) < 4.78 is 16.0. The lowest BCUT2D eigenvalue weighted by atomic mass is 9.49. The Kier molecular flexibility index (Phi) is 4.26. The number of alkyl halides is 1. The normalized spacial score (nSPS) is 49.9. The third-order valence-electron chi connectivity index (χ3n) is 10.5. The van der Waals surface area contributed by atoms with E-state index in [4.69, 9.17) is 5.26 Å². The molecule has 0 bridgehead atoms. The van der Waals surface area contributed by atoms with Crippen molar-refractivity contribution in [3.8, 4) is 6.07 Å². The minimum atomic E-state index is -1.00. The van der Waals surface area contributed by atoms with Crippen LogP contribution >= 0.6 is 0 Å². The Morgan fingerprint density at radius 2 is 1.94 bits per heavy atom. The lowest BCUT2D eigenvalue weighted by Crippen LogP contribution is -2.50. The number of Topliss-reactive ketones (excluding diaryl/α,β-unsaturated/α-hetero) is 1. The van der Waals surface area contributed by atoms with E-state index in [0.29, 0.717) is 41.6 Å². The van der Waals surface area contributed by atoms with E-state index in [1.807, 2.05) is 0 Å². The predicted octanol–water partition coefficient (Wildman–Crippen LogP) is 3.90. The topological polar surface area (TPSA) is 78.9 Å². The lowest BCUT2D eigenvalue weighted by Gasteiger charge is -2.55. The zero-order valence-corrected chi connectivity index (χ0v) is 18.2. The molecule has 5 nitrogen and oxygen atoms in total. The van der Waals surface area contributed by atoms with Crippen LogP contribution in [0.4, 0.5) is 4.39 Å². The van der Waals surface area contributed by atoms with Crippen LogP contribution in [0.2, 0.25) is 0 Å². The smallest absolute Gasteiger partial charge is 0.157 e. The van der Waals surface area contributed by atoms with Gasteiger partial charge in [-0.05, 0) is 86.4 Å². The average Bonchev–Trinajstić information content (AvgIpc) is 3.08. The number of aliphatic hydroxyl groups is 1. The Morgan fingerprint density at radius 3 is 2.71 bits per heavy atom. The number of rotatable bonds is 3. The number of carbonyl (C=O) groups excluding carboxylic acids is 1. The molecule has 0 spiro atoms. The number of carbonyl (C=O) groups is 1. The minimum absolute atomic E-state index is 0.0495. The Hall–Kier alpha value is -1.74. The van der Waals surface area contributed by atoms with Gasteiger partial charge in [-0.25, -0.2) is 4.39 Å². The molecule has 31 heavy (non-hydrogen) atoms. The first-order valence-electron chi connectivity index (χ1n) is 12.2. The van der Waals surface area contributed by atoms with Crippen LogP contribution in [0, 0.1) is 58.2 Å². The van der Waals surface area contributed by atoms with E-state index in [0.717, 1.165) is 44.9 Å². The number of halogens is 1. The fraction of sp³-hybridized carbons (Fsp3) is 0.800. The van der Waals surface area contributed by atoms with E-state index in [9.17, 15) is 14.3 Å². The van der Waals surface area contributed by atoms with Crippen molar-refractivity contribution in [2.45, 2.75) is 76.6 Å². The van der Waals surface area contributed by atoms with Gasteiger partial charge in [-0.2, -0.15) is 10.4 Å². The lowest BCUT2D eigenvalue weighted by molar-refractivity contribution is -0.131. The van der Waals surface area contributed by atoms with Crippen molar-refractivity contribution < 1.29 is 14.3 Å². The maximum atomic E-state index is 14.4. The maximum absolute atomic E-state index is 14.4. The summed E-state index contributed by atoms with van der Waals surface area (Å²) in [5.41, 5.74) is -0.459. The molecule has 6 heteroatoms. The molecule has 5 aliphatic carbocycles. The van der Waals surface area contributed by atoms with E-state index in [1.165, 1.54) is 6.20 Å². The minimum Gasteiger partial charge on any atom is -0.386 e. The van der Waals surface area contributed by atoms with Crippen LogP contribution in [0.15, 0.2) is 12.4 Å². The molecule has 166 valence electrons. The molecule has 0 aliphatic heterocycles. The van der Waals surface area contributed by atoms with E-state index in [2.05, 4.69) is 18.1 Å². The molecule has 2 unspecified atom stereocenters. The Labute approximate surface area is 183 Å². The molecule has 5 aliphatic rings. The molecule has 6 rings (SSSR count). The van der Waals surface area contributed by atoms with Gasteiger partial charge in [0.25, 0.3) is 0 Å². The molecular formula is C25H32FN3O2. The predicted molar refractivity (Wildman–Crippen MR) is 111 cm³/mol. The highest BCUT2D eigenvalue weighted by atomic mass is 19.1. The highest BCUT2D eigenvalue weighted by Gasteiger charge is 2.72. The van der Waals surface area contributed by atoms with E-state index >= 15 is 0 Å². The first-order chi connectivity index (χ1) is 14.9. The summed E-state index contributed by atoms with van der Waals surface area (Å²) >= 11 is 0.